The Morgan fingerprint density at radius 2 is 1.50 bits per heavy atom. The minimum atomic E-state index is 0.0573. The van der Waals surface area contributed by atoms with Crippen molar-refractivity contribution in [2.75, 3.05) is 0 Å². The number of phenolic OH excluding ortho intramolecular Hbond substituents is 2. The number of hydrogen-bond acceptors (Lipinski definition) is 3. The maximum atomic E-state index is 10.3. The van der Waals surface area contributed by atoms with E-state index in [1.807, 2.05) is 24.3 Å². The predicted molar refractivity (Wildman–Crippen MR) is 136 cm³/mol. The van der Waals surface area contributed by atoms with Gasteiger partial charge in [-0.1, -0.05) is 32.9 Å². The van der Waals surface area contributed by atoms with E-state index in [0.29, 0.717) is 0 Å². The lowest BCUT2D eigenvalue weighted by molar-refractivity contribution is 0.475. The molecule has 4 heteroatoms. The molecule has 0 bridgehead atoms. The molecule has 7 rings (SSSR count). The number of benzene rings is 4. The van der Waals surface area contributed by atoms with Crippen LogP contribution in [0.4, 0.5) is 0 Å². The number of nitrogens with zero attached hydrogens (tertiary/aromatic N) is 1. The third-order valence-electron chi connectivity index (χ3n) is 6.82. The van der Waals surface area contributed by atoms with Crippen LogP contribution in [-0.2, 0) is 5.41 Å². The van der Waals surface area contributed by atoms with Crippen molar-refractivity contribution in [3.05, 3.63) is 66.2 Å². The van der Waals surface area contributed by atoms with Crippen LogP contribution in [-0.4, -0.2) is 14.6 Å². The average Bonchev–Trinajstić information content (AvgIpc) is 3.36. The number of thiophene rings is 1. The third-order valence-corrected chi connectivity index (χ3v) is 7.98. The zero-order chi connectivity index (χ0) is 21.9. The summed E-state index contributed by atoms with van der Waals surface area (Å²) in [5.41, 5.74) is 3.54. The first-order valence-corrected chi connectivity index (χ1v) is 11.6. The van der Waals surface area contributed by atoms with E-state index in [1.54, 1.807) is 23.5 Å². The van der Waals surface area contributed by atoms with Crippen LogP contribution in [0.5, 0.6) is 11.5 Å². The van der Waals surface area contributed by atoms with Gasteiger partial charge in [0.25, 0.3) is 0 Å². The van der Waals surface area contributed by atoms with Crippen LogP contribution in [0, 0.1) is 0 Å². The van der Waals surface area contributed by atoms with Crippen LogP contribution < -0.4 is 0 Å². The number of aromatic hydroxyl groups is 2. The van der Waals surface area contributed by atoms with Crippen LogP contribution in [0.15, 0.2) is 60.7 Å². The molecule has 32 heavy (non-hydrogen) atoms. The van der Waals surface area contributed by atoms with E-state index in [-0.39, 0.29) is 16.9 Å². The fourth-order valence-corrected chi connectivity index (χ4v) is 6.49. The zero-order valence-electron chi connectivity index (χ0n) is 18.0. The fraction of sp³-hybridized carbons (Fsp3) is 0.143. The van der Waals surface area contributed by atoms with Crippen LogP contribution in [0.3, 0.4) is 0 Å². The summed E-state index contributed by atoms with van der Waals surface area (Å²) in [6.07, 6.45) is 0. The molecule has 0 spiro atoms. The van der Waals surface area contributed by atoms with Crippen molar-refractivity contribution in [2.45, 2.75) is 26.2 Å². The lowest BCUT2D eigenvalue weighted by atomic mass is 9.86. The first kappa shape index (κ1) is 18.1. The molecule has 0 radical (unpaired) electrons. The highest BCUT2D eigenvalue weighted by Gasteiger charge is 2.24. The topological polar surface area (TPSA) is 44.9 Å². The van der Waals surface area contributed by atoms with Crippen molar-refractivity contribution < 1.29 is 10.2 Å². The monoisotopic (exact) mass is 435 g/mol. The Labute approximate surface area is 188 Å². The molecule has 3 nitrogen and oxygen atoms in total. The van der Waals surface area contributed by atoms with Crippen molar-refractivity contribution in [2.24, 2.45) is 0 Å². The Hall–Kier alpha value is -3.50. The molecule has 7 aromatic rings. The van der Waals surface area contributed by atoms with Crippen LogP contribution in [0.25, 0.3) is 58.3 Å². The predicted octanol–water partition coefficient (Wildman–Crippen LogP) is 7.91. The van der Waals surface area contributed by atoms with E-state index in [2.05, 4.69) is 49.4 Å². The molecule has 3 aromatic heterocycles. The highest BCUT2D eigenvalue weighted by Crippen LogP contribution is 2.49. The SMILES string of the molecule is CC(C)(C)c1ccc2sc3c(c2c1)c1c2cc(O)ccc2cc2c4ccc(O)cc4n3c21. The molecule has 0 aliphatic rings. The van der Waals surface area contributed by atoms with Gasteiger partial charge in [-0.2, -0.15) is 0 Å². The number of rotatable bonds is 0. The normalized spacial score (nSPS) is 13.1. The Morgan fingerprint density at radius 1 is 0.719 bits per heavy atom. The minimum absolute atomic E-state index is 0.0573. The van der Waals surface area contributed by atoms with Gasteiger partial charge in [-0.05, 0) is 64.2 Å². The fourth-order valence-electron chi connectivity index (χ4n) is 5.28. The van der Waals surface area contributed by atoms with Gasteiger partial charge in [-0.25, -0.2) is 0 Å². The van der Waals surface area contributed by atoms with E-state index >= 15 is 0 Å². The Kier molecular flexibility index (Phi) is 3.19. The Balaban J connectivity index is 1.84. The summed E-state index contributed by atoms with van der Waals surface area (Å²) in [6, 6.07) is 20.3. The lowest BCUT2D eigenvalue weighted by Gasteiger charge is -2.18. The maximum Gasteiger partial charge on any atom is 0.117 e. The maximum absolute atomic E-state index is 10.3. The largest absolute Gasteiger partial charge is 0.508 e. The molecule has 0 fully saturated rings. The van der Waals surface area contributed by atoms with Gasteiger partial charge in [0.1, 0.15) is 16.3 Å². The van der Waals surface area contributed by atoms with Gasteiger partial charge in [-0.3, -0.25) is 4.40 Å². The summed E-state index contributed by atoms with van der Waals surface area (Å²) < 4.78 is 3.56. The van der Waals surface area contributed by atoms with Gasteiger partial charge >= 0.3 is 0 Å². The summed E-state index contributed by atoms with van der Waals surface area (Å²) >= 11 is 1.79. The van der Waals surface area contributed by atoms with Crippen molar-refractivity contribution in [3.8, 4) is 11.5 Å². The lowest BCUT2D eigenvalue weighted by Crippen LogP contribution is -2.10. The second kappa shape index (κ2) is 5.64. The molecule has 0 atom stereocenters. The quantitative estimate of drug-likeness (QED) is 0.254. The molecule has 0 aliphatic heterocycles. The molecule has 2 N–H and O–H groups in total. The van der Waals surface area contributed by atoms with Gasteiger partial charge in [0.15, 0.2) is 0 Å². The summed E-state index contributed by atoms with van der Waals surface area (Å²) in [7, 11) is 0. The van der Waals surface area contributed by atoms with Gasteiger partial charge < -0.3 is 10.2 Å². The Morgan fingerprint density at radius 3 is 2.31 bits per heavy atom. The highest BCUT2D eigenvalue weighted by atomic mass is 32.1. The first-order chi connectivity index (χ1) is 15.3. The van der Waals surface area contributed by atoms with Gasteiger partial charge in [0, 0.05) is 37.7 Å². The van der Waals surface area contributed by atoms with E-state index < -0.39 is 0 Å². The molecule has 0 saturated heterocycles. The van der Waals surface area contributed by atoms with E-state index in [9.17, 15) is 10.2 Å². The molecule has 3 heterocycles. The van der Waals surface area contributed by atoms with Crippen molar-refractivity contribution in [1.29, 1.82) is 0 Å². The van der Waals surface area contributed by atoms with E-state index in [4.69, 9.17) is 0 Å². The average molecular weight is 436 g/mol. The molecule has 156 valence electrons. The zero-order valence-corrected chi connectivity index (χ0v) is 18.8. The van der Waals surface area contributed by atoms with Crippen LogP contribution in [0.1, 0.15) is 26.3 Å². The van der Waals surface area contributed by atoms with Crippen molar-refractivity contribution in [1.82, 2.24) is 4.40 Å². The van der Waals surface area contributed by atoms with E-state index in [1.165, 1.54) is 36.6 Å². The number of hydrogen-bond donors (Lipinski definition) is 2. The van der Waals surface area contributed by atoms with Gasteiger partial charge in [-0.15, -0.1) is 11.3 Å². The molecule has 0 unspecified atom stereocenters. The summed E-state index contributed by atoms with van der Waals surface area (Å²) in [5.74, 6) is 0.543. The molecule has 0 aliphatic carbocycles. The first-order valence-electron chi connectivity index (χ1n) is 10.8. The summed E-state index contributed by atoms with van der Waals surface area (Å²) in [6.45, 7) is 6.73. The minimum Gasteiger partial charge on any atom is -0.508 e. The number of phenols is 2. The molecule has 4 aromatic carbocycles. The third kappa shape index (κ3) is 2.15. The van der Waals surface area contributed by atoms with Gasteiger partial charge in [0.05, 0.1) is 11.0 Å². The standard InChI is InChI=1S/C28H21NO2S/c1-28(2,3)15-5-9-23-21(11-15)25-24-19-12-16(30)6-4-14(19)10-20-18-8-7-17(31)13-22(18)29(26(20)24)27(25)32-23/h4-13,30-31H,1-3H3. The molecular weight excluding hydrogens is 414 g/mol. The summed E-state index contributed by atoms with van der Waals surface area (Å²) in [5, 5.41) is 28.8. The second-order valence-electron chi connectivity index (χ2n) is 9.83. The second-order valence-corrected chi connectivity index (χ2v) is 10.9. The molecule has 0 saturated carbocycles. The molecule has 0 amide bonds. The van der Waals surface area contributed by atoms with E-state index in [0.717, 1.165) is 27.2 Å². The van der Waals surface area contributed by atoms with Crippen LogP contribution in [0.2, 0.25) is 0 Å². The van der Waals surface area contributed by atoms with Gasteiger partial charge in [0.2, 0.25) is 0 Å². The van der Waals surface area contributed by atoms with Crippen molar-refractivity contribution >= 4 is 69.6 Å². The summed E-state index contributed by atoms with van der Waals surface area (Å²) in [4.78, 5) is 1.18. The smallest absolute Gasteiger partial charge is 0.117 e. The van der Waals surface area contributed by atoms with Crippen LogP contribution >= 0.6 is 11.3 Å². The highest BCUT2D eigenvalue weighted by molar-refractivity contribution is 7.25. The number of fused-ring (bicyclic) bond motifs is 10. The Bertz CT molecular complexity index is 1880. The number of aromatic nitrogens is 1. The van der Waals surface area contributed by atoms with Crippen molar-refractivity contribution in [3.63, 3.8) is 0 Å². The molecular formula is C28H21NO2S.